The number of aryl methyl sites for hydroxylation is 2. The fraction of sp³-hybridized carbons (Fsp3) is 0.208. The van der Waals surface area contributed by atoms with Gasteiger partial charge in [0.2, 0.25) is 5.91 Å². The number of aromatic nitrogens is 2. The van der Waals surface area contributed by atoms with E-state index in [0.29, 0.717) is 32.6 Å². The molecule has 1 amide bonds. The van der Waals surface area contributed by atoms with E-state index in [-0.39, 0.29) is 17.2 Å². The molecule has 0 spiro atoms. The Hall–Kier alpha value is -3.30. The van der Waals surface area contributed by atoms with E-state index in [1.54, 1.807) is 29.9 Å². The molecule has 7 nitrogen and oxygen atoms in total. The largest absolute Gasteiger partial charge is 0.497 e. The molecule has 2 aromatic heterocycles. The molecule has 33 heavy (non-hydrogen) atoms. The fourth-order valence-corrected chi connectivity index (χ4v) is 4.94. The smallest absolute Gasteiger partial charge is 0.276 e. The van der Waals surface area contributed by atoms with Gasteiger partial charge in [-0.1, -0.05) is 23.9 Å². The zero-order valence-corrected chi connectivity index (χ0v) is 20.3. The van der Waals surface area contributed by atoms with Gasteiger partial charge in [-0.3, -0.25) is 14.2 Å². The summed E-state index contributed by atoms with van der Waals surface area (Å²) in [5.74, 6) is 0.959. The van der Waals surface area contributed by atoms with E-state index in [0.717, 1.165) is 16.8 Å². The van der Waals surface area contributed by atoms with Crippen LogP contribution in [0.1, 0.15) is 11.1 Å². The minimum atomic E-state index is -0.240. The summed E-state index contributed by atoms with van der Waals surface area (Å²) in [6.45, 7) is 3.94. The number of carbonyl (C=O) groups excluding carboxylic acids is 1. The highest BCUT2D eigenvalue weighted by Gasteiger charge is 2.18. The zero-order chi connectivity index (χ0) is 23.5. The molecule has 0 aliphatic rings. The number of rotatable bonds is 7. The first-order valence-corrected chi connectivity index (χ1v) is 12.0. The van der Waals surface area contributed by atoms with Crippen LogP contribution < -0.4 is 20.3 Å². The Morgan fingerprint density at radius 1 is 1.12 bits per heavy atom. The lowest BCUT2D eigenvalue weighted by Gasteiger charge is -2.15. The number of nitrogens with one attached hydrogen (secondary N) is 1. The topological polar surface area (TPSA) is 82.5 Å². The Morgan fingerprint density at radius 2 is 1.94 bits per heavy atom. The Labute approximate surface area is 199 Å². The molecule has 0 saturated heterocycles. The number of benzene rings is 2. The second kappa shape index (κ2) is 9.68. The Balaban J connectivity index is 1.65. The molecule has 0 unspecified atom stereocenters. The standard InChI is InChI=1S/C24H23N3O4S2/c1-14-5-6-15(2)19(11-14)27-23(29)22-18(9-10-32-22)26-24(27)33-13-21(28)25-17-8-7-16(30-3)12-20(17)31-4/h5-12H,13H2,1-4H3,(H,25,28). The predicted octanol–water partition coefficient (Wildman–Crippen LogP) is 4.81. The molecule has 4 rings (SSSR count). The highest BCUT2D eigenvalue weighted by atomic mass is 32.2. The Bertz CT molecular complexity index is 1390. The lowest BCUT2D eigenvalue weighted by Crippen LogP contribution is -2.23. The average Bonchev–Trinajstić information content (AvgIpc) is 3.29. The lowest BCUT2D eigenvalue weighted by molar-refractivity contribution is -0.113. The number of carbonyl (C=O) groups is 1. The summed E-state index contributed by atoms with van der Waals surface area (Å²) >= 11 is 2.58. The third-order valence-electron chi connectivity index (χ3n) is 5.07. The summed E-state index contributed by atoms with van der Waals surface area (Å²) < 4.78 is 12.7. The lowest BCUT2D eigenvalue weighted by atomic mass is 10.1. The van der Waals surface area contributed by atoms with Crippen molar-refractivity contribution in [1.82, 2.24) is 9.55 Å². The molecule has 0 atom stereocenters. The van der Waals surface area contributed by atoms with Crippen molar-refractivity contribution in [3.05, 3.63) is 69.3 Å². The fourth-order valence-electron chi connectivity index (χ4n) is 3.38. The second-order valence-corrected chi connectivity index (χ2v) is 9.22. The third-order valence-corrected chi connectivity index (χ3v) is 6.90. The average molecular weight is 482 g/mol. The molecule has 0 aliphatic heterocycles. The third kappa shape index (κ3) is 4.74. The van der Waals surface area contributed by atoms with Gasteiger partial charge in [-0.15, -0.1) is 11.3 Å². The first-order chi connectivity index (χ1) is 15.9. The van der Waals surface area contributed by atoms with Crippen LogP contribution in [0.15, 0.2) is 57.8 Å². The number of thioether (sulfide) groups is 1. The van der Waals surface area contributed by atoms with Gasteiger partial charge in [-0.05, 0) is 54.6 Å². The number of thiophene rings is 1. The quantitative estimate of drug-likeness (QED) is 0.301. The molecule has 9 heteroatoms. The number of hydrogen-bond acceptors (Lipinski definition) is 7. The normalized spacial score (nSPS) is 10.9. The van der Waals surface area contributed by atoms with Gasteiger partial charge >= 0.3 is 0 Å². The Kier molecular flexibility index (Phi) is 6.71. The molecule has 0 aliphatic carbocycles. The molecule has 0 radical (unpaired) electrons. The first kappa shape index (κ1) is 22.9. The SMILES string of the molecule is COc1ccc(NC(=O)CSc2nc3ccsc3c(=O)n2-c2cc(C)ccc2C)c(OC)c1. The van der Waals surface area contributed by atoms with E-state index in [4.69, 9.17) is 14.5 Å². The molecule has 1 N–H and O–H groups in total. The van der Waals surface area contributed by atoms with Crippen molar-refractivity contribution < 1.29 is 14.3 Å². The van der Waals surface area contributed by atoms with Crippen LogP contribution in [-0.4, -0.2) is 35.4 Å². The van der Waals surface area contributed by atoms with E-state index in [1.807, 2.05) is 43.5 Å². The van der Waals surface area contributed by atoms with E-state index in [2.05, 4.69) is 5.32 Å². The van der Waals surface area contributed by atoms with E-state index in [1.165, 1.54) is 30.2 Å². The van der Waals surface area contributed by atoms with Gasteiger partial charge in [-0.2, -0.15) is 0 Å². The second-order valence-electron chi connectivity index (χ2n) is 7.36. The summed E-state index contributed by atoms with van der Waals surface area (Å²) in [6, 6.07) is 12.9. The number of fused-ring (bicyclic) bond motifs is 1. The van der Waals surface area contributed by atoms with Crippen LogP contribution in [0.3, 0.4) is 0 Å². The Morgan fingerprint density at radius 3 is 2.70 bits per heavy atom. The van der Waals surface area contributed by atoms with Gasteiger partial charge in [-0.25, -0.2) is 4.98 Å². The molecule has 0 saturated carbocycles. The van der Waals surface area contributed by atoms with Crippen LogP contribution in [0.4, 0.5) is 5.69 Å². The van der Waals surface area contributed by atoms with Crippen molar-refractivity contribution in [1.29, 1.82) is 0 Å². The number of amides is 1. The van der Waals surface area contributed by atoms with Crippen LogP contribution in [0, 0.1) is 13.8 Å². The van der Waals surface area contributed by atoms with Gasteiger partial charge in [0.05, 0.1) is 36.9 Å². The summed E-state index contributed by atoms with van der Waals surface area (Å²) in [4.78, 5) is 30.8. The highest BCUT2D eigenvalue weighted by molar-refractivity contribution is 7.99. The zero-order valence-electron chi connectivity index (χ0n) is 18.7. The maximum absolute atomic E-state index is 13.3. The van der Waals surface area contributed by atoms with Crippen LogP contribution >= 0.6 is 23.1 Å². The van der Waals surface area contributed by atoms with Crippen LogP contribution in [0.25, 0.3) is 15.9 Å². The monoisotopic (exact) mass is 481 g/mol. The number of methoxy groups -OCH3 is 2. The predicted molar refractivity (Wildman–Crippen MR) is 134 cm³/mol. The minimum absolute atomic E-state index is 0.0716. The van der Waals surface area contributed by atoms with Crippen molar-refractivity contribution in [3.63, 3.8) is 0 Å². The number of nitrogens with zero attached hydrogens (tertiary/aromatic N) is 2. The first-order valence-electron chi connectivity index (χ1n) is 10.1. The van der Waals surface area contributed by atoms with Crippen LogP contribution in [-0.2, 0) is 4.79 Å². The van der Waals surface area contributed by atoms with Gasteiger partial charge in [0, 0.05) is 6.07 Å². The maximum Gasteiger partial charge on any atom is 0.276 e. The van der Waals surface area contributed by atoms with E-state index < -0.39 is 0 Å². The molecular formula is C24H23N3O4S2. The van der Waals surface area contributed by atoms with Gasteiger partial charge in [0.25, 0.3) is 5.56 Å². The van der Waals surface area contributed by atoms with Gasteiger partial charge in [0.1, 0.15) is 16.2 Å². The van der Waals surface area contributed by atoms with Gasteiger partial charge in [0.15, 0.2) is 5.16 Å². The van der Waals surface area contributed by atoms with E-state index >= 15 is 0 Å². The van der Waals surface area contributed by atoms with E-state index in [9.17, 15) is 9.59 Å². The highest BCUT2D eigenvalue weighted by Crippen LogP contribution is 2.30. The summed E-state index contributed by atoms with van der Waals surface area (Å²) in [7, 11) is 3.10. The van der Waals surface area contributed by atoms with Crippen LogP contribution in [0.5, 0.6) is 11.5 Å². The molecular weight excluding hydrogens is 458 g/mol. The molecule has 0 bridgehead atoms. The minimum Gasteiger partial charge on any atom is -0.497 e. The number of anilines is 1. The van der Waals surface area contributed by atoms with Gasteiger partial charge < -0.3 is 14.8 Å². The van der Waals surface area contributed by atoms with Crippen LogP contribution in [0.2, 0.25) is 0 Å². The van der Waals surface area contributed by atoms with Crippen molar-refractivity contribution in [2.45, 2.75) is 19.0 Å². The van der Waals surface area contributed by atoms with Crippen molar-refractivity contribution in [2.24, 2.45) is 0 Å². The van der Waals surface area contributed by atoms with Crippen molar-refractivity contribution in [3.8, 4) is 17.2 Å². The summed E-state index contributed by atoms with van der Waals surface area (Å²) in [5, 5.41) is 5.18. The molecule has 2 heterocycles. The molecule has 4 aromatic rings. The molecule has 170 valence electrons. The number of ether oxygens (including phenoxy) is 2. The summed E-state index contributed by atoms with van der Waals surface area (Å²) in [5.41, 5.74) is 3.79. The summed E-state index contributed by atoms with van der Waals surface area (Å²) in [6.07, 6.45) is 0. The number of hydrogen-bond donors (Lipinski definition) is 1. The van der Waals surface area contributed by atoms with Crippen molar-refractivity contribution in [2.75, 3.05) is 25.3 Å². The maximum atomic E-state index is 13.3. The molecule has 2 aromatic carbocycles. The molecule has 0 fully saturated rings. The van der Waals surface area contributed by atoms with Crippen molar-refractivity contribution >= 4 is 44.9 Å².